The van der Waals surface area contributed by atoms with Crippen LogP contribution in [0.3, 0.4) is 0 Å². The summed E-state index contributed by atoms with van der Waals surface area (Å²) in [5.74, 6) is 0.853. The zero-order valence-electron chi connectivity index (χ0n) is 25.1. The molecule has 0 spiro atoms. The molecule has 0 unspecified atom stereocenters. The van der Waals surface area contributed by atoms with Crippen LogP contribution in [0.2, 0.25) is 0 Å². The summed E-state index contributed by atoms with van der Waals surface area (Å²) in [4.78, 5) is 39.4. The van der Waals surface area contributed by atoms with Crippen LogP contribution in [0.25, 0.3) is 21.4 Å². The molecule has 6 aromatic rings. The summed E-state index contributed by atoms with van der Waals surface area (Å²) in [5.41, 5.74) is 6.43. The molecule has 0 saturated heterocycles. The van der Waals surface area contributed by atoms with Crippen molar-refractivity contribution in [3.8, 4) is 21.4 Å². The second-order valence-electron chi connectivity index (χ2n) is 9.90. The summed E-state index contributed by atoms with van der Waals surface area (Å²) in [6.07, 6.45) is 6.77. The van der Waals surface area contributed by atoms with Gasteiger partial charge in [-0.2, -0.15) is 0 Å². The molecule has 4 N–H and O–H groups in total. The minimum absolute atomic E-state index is 0.00874. The molecule has 0 saturated carbocycles. The molecule has 11 nitrogen and oxygen atoms in total. The second-order valence-corrected chi connectivity index (χ2v) is 12.2. The van der Waals surface area contributed by atoms with Gasteiger partial charge in [-0.25, -0.2) is 29.9 Å². The first-order valence-corrected chi connectivity index (χ1v) is 15.5. The fourth-order valence-corrected chi connectivity index (χ4v) is 5.79. The monoisotopic (exact) mass is 637 g/mol. The zero-order chi connectivity index (χ0) is 31.8. The maximum absolute atomic E-state index is 11.6. The fourth-order valence-electron chi connectivity index (χ4n) is 4.22. The average molecular weight is 638 g/mol. The molecular formula is C32H31N9O2S2. The Balaban J connectivity index is 0.000000179. The highest BCUT2D eigenvalue weighted by Gasteiger charge is 2.12. The van der Waals surface area contributed by atoms with Gasteiger partial charge in [-0.05, 0) is 73.9 Å². The van der Waals surface area contributed by atoms with Crippen LogP contribution in [0.5, 0.6) is 0 Å². The quantitative estimate of drug-likeness (QED) is 0.146. The van der Waals surface area contributed by atoms with Gasteiger partial charge in [0.2, 0.25) is 11.9 Å². The summed E-state index contributed by atoms with van der Waals surface area (Å²) in [5, 5.41) is 19.7. The van der Waals surface area contributed by atoms with Crippen molar-refractivity contribution in [1.29, 1.82) is 0 Å². The van der Waals surface area contributed by atoms with Crippen LogP contribution in [-0.2, 0) is 6.61 Å². The summed E-state index contributed by atoms with van der Waals surface area (Å²) in [6.45, 7) is 6.12. The number of aliphatic hydroxyl groups is 1. The third-order valence-corrected chi connectivity index (χ3v) is 8.12. The standard InChI is InChI=1S/C17H17N5OS.C15H14N4OS/c1-10-6-11(2)8-12(7-10)21-17-19-5-4-13(22-17)16-20-9-14(24-16)15(23)18-3;1-10-8-17-14(21-10)13-5-6-16-15(19-13)18-12-4-2-3-11(7-12)9-20/h4-9H,1-3H3,(H,18,23)(H,19,21,22);2-8,20H,9H2,1H3,(H,16,18,19). The van der Waals surface area contributed by atoms with Crippen LogP contribution in [0.15, 0.2) is 79.4 Å². The van der Waals surface area contributed by atoms with Gasteiger partial charge in [-0.1, -0.05) is 18.2 Å². The number of anilines is 4. The number of aliphatic hydroxyl groups excluding tert-OH is 1. The number of thiazole rings is 2. The average Bonchev–Trinajstić information content (AvgIpc) is 3.71. The number of nitrogens with zero attached hydrogens (tertiary/aromatic N) is 6. The first kappa shape index (κ1) is 31.3. The third kappa shape index (κ3) is 8.50. The van der Waals surface area contributed by atoms with Crippen molar-refractivity contribution in [3.05, 3.63) is 106 Å². The summed E-state index contributed by atoms with van der Waals surface area (Å²) < 4.78 is 0. The molecule has 1 amide bonds. The lowest BCUT2D eigenvalue weighted by Gasteiger charge is -2.07. The molecule has 0 fully saturated rings. The molecule has 6 rings (SSSR count). The Hall–Kier alpha value is -5.11. The fraction of sp³-hybridized carbons (Fsp3) is 0.156. The molecule has 0 atom stereocenters. The van der Waals surface area contributed by atoms with Crippen molar-refractivity contribution in [3.63, 3.8) is 0 Å². The Morgan fingerprint density at radius 1 is 0.756 bits per heavy atom. The molecule has 228 valence electrons. The van der Waals surface area contributed by atoms with E-state index < -0.39 is 0 Å². The Morgan fingerprint density at radius 3 is 1.98 bits per heavy atom. The first-order chi connectivity index (χ1) is 21.8. The van der Waals surface area contributed by atoms with Crippen LogP contribution in [0.4, 0.5) is 23.3 Å². The Labute approximate surface area is 268 Å². The van der Waals surface area contributed by atoms with Crippen LogP contribution >= 0.6 is 22.7 Å². The lowest BCUT2D eigenvalue weighted by molar-refractivity contribution is 0.0967. The number of rotatable bonds is 8. The predicted octanol–water partition coefficient (Wildman–Crippen LogP) is 6.46. The van der Waals surface area contributed by atoms with Crippen molar-refractivity contribution >= 4 is 51.9 Å². The number of nitrogens with one attached hydrogen (secondary N) is 3. The zero-order valence-corrected chi connectivity index (χ0v) is 26.7. The second kappa shape index (κ2) is 14.6. The highest BCUT2D eigenvalue weighted by Crippen LogP contribution is 2.26. The molecule has 0 aliphatic carbocycles. The van der Waals surface area contributed by atoms with Gasteiger partial charge < -0.3 is 21.1 Å². The lowest BCUT2D eigenvalue weighted by Crippen LogP contribution is -2.16. The van der Waals surface area contributed by atoms with Crippen molar-refractivity contribution in [2.24, 2.45) is 0 Å². The molecule has 0 radical (unpaired) electrons. The molecule has 0 aliphatic rings. The lowest BCUT2D eigenvalue weighted by atomic mass is 10.1. The maximum Gasteiger partial charge on any atom is 0.262 e. The molecular weight excluding hydrogens is 607 g/mol. The third-order valence-electron chi connectivity index (χ3n) is 6.17. The van der Waals surface area contributed by atoms with Crippen molar-refractivity contribution in [1.82, 2.24) is 35.2 Å². The van der Waals surface area contributed by atoms with E-state index in [0.717, 1.165) is 32.5 Å². The number of benzene rings is 2. The van der Waals surface area contributed by atoms with E-state index in [1.165, 1.54) is 22.5 Å². The molecule has 45 heavy (non-hydrogen) atoms. The Kier molecular flexibility index (Phi) is 10.1. The molecule has 4 heterocycles. The van der Waals surface area contributed by atoms with E-state index in [1.54, 1.807) is 43.0 Å². The van der Waals surface area contributed by atoms with E-state index in [0.29, 0.717) is 27.5 Å². The minimum atomic E-state index is -0.151. The summed E-state index contributed by atoms with van der Waals surface area (Å²) in [7, 11) is 1.60. The Morgan fingerprint density at radius 2 is 1.38 bits per heavy atom. The minimum Gasteiger partial charge on any atom is -0.392 e. The normalized spacial score (nSPS) is 10.5. The molecule has 0 bridgehead atoms. The number of amides is 1. The van der Waals surface area contributed by atoms with Gasteiger partial charge in [0.05, 0.1) is 12.8 Å². The number of aryl methyl sites for hydroxylation is 3. The van der Waals surface area contributed by atoms with Gasteiger partial charge in [0.25, 0.3) is 5.91 Å². The topological polar surface area (TPSA) is 151 Å². The van der Waals surface area contributed by atoms with E-state index in [9.17, 15) is 4.79 Å². The van der Waals surface area contributed by atoms with E-state index >= 15 is 0 Å². The first-order valence-electron chi connectivity index (χ1n) is 13.9. The van der Waals surface area contributed by atoms with Crippen molar-refractivity contribution in [2.45, 2.75) is 27.4 Å². The highest BCUT2D eigenvalue weighted by molar-refractivity contribution is 7.16. The van der Waals surface area contributed by atoms with Crippen molar-refractivity contribution < 1.29 is 9.90 Å². The Bertz CT molecular complexity index is 1900. The van der Waals surface area contributed by atoms with E-state index in [1.807, 2.05) is 69.4 Å². The van der Waals surface area contributed by atoms with Gasteiger partial charge >= 0.3 is 0 Å². The van der Waals surface area contributed by atoms with Crippen LogP contribution in [0.1, 0.15) is 31.2 Å². The molecule has 2 aromatic carbocycles. The van der Waals surface area contributed by atoms with Gasteiger partial charge in [-0.15, -0.1) is 22.7 Å². The summed E-state index contributed by atoms with van der Waals surface area (Å²) >= 11 is 2.90. The summed E-state index contributed by atoms with van der Waals surface area (Å²) in [6, 6.07) is 17.3. The number of hydrogen-bond acceptors (Lipinski definition) is 12. The molecule has 13 heteroatoms. The van der Waals surface area contributed by atoms with Gasteiger partial charge in [0.1, 0.15) is 26.3 Å². The highest BCUT2D eigenvalue weighted by atomic mass is 32.1. The number of carbonyl (C=O) groups is 1. The maximum atomic E-state index is 11.6. The predicted molar refractivity (Wildman–Crippen MR) is 179 cm³/mol. The van der Waals surface area contributed by atoms with Crippen LogP contribution in [-0.4, -0.2) is 48.0 Å². The number of hydrogen-bond donors (Lipinski definition) is 4. The van der Waals surface area contributed by atoms with E-state index in [4.69, 9.17) is 5.11 Å². The van der Waals surface area contributed by atoms with E-state index in [2.05, 4.69) is 51.9 Å². The van der Waals surface area contributed by atoms with E-state index in [-0.39, 0.29) is 12.5 Å². The molecule has 0 aliphatic heterocycles. The van der Waals surface area contributed by atoms with Gasteiger partial charge in [-0.3, -0.25) is 4.79 Å². The van der Waals surface area contributed by atoms with Gasteiger partial charge in [0, 0.05) is 41.9 Å². The molecule has 4 aromatic heterocycles. The largest absolute Gasteiger partial charge is 0.392 e. The van der Waals surface area contributed by atoms with Crippen LogP contribution < -0.4 is 16.0 Å². The van der Waals surface area contributed by atoms with Crippen LogP contribution in [0, 0.1) is 20.8 Å². The number of aromatic nitrogens is 6. The smallest absolute Gasteiger partial charge is 0.262 e. The van der Waals surface area contributed by atoms with Gasteiger partial charge in [0.15, 0.2) is 0 Å². The SMILES string of the molecule is CNC(=O)c1cnc(-c2ccnc(Nc3cc(C)cc(C)c3)n2)s1.Cc1cnc(-c2ccnc(Nc3cccc(CO)c3)n2)s1. The number of carbonyl (C=O) groups excluding carboxylic acids is 1. The van der Waals surface area contributed by atoms with Crippen molar-refractivity contribution in [2.75, 3.05) is 17.7 Å².